The maximum absolute atomic E-state index is 10.7. The maximum Gasteiger partial charge on any atom is 0.313 e. The van der Waals surface area contributed by atoms with Crippen LogP contribution in [0.25, 0.3) is 0 Å². The molecule has 1 heterocycles. The normalized spacial score (nSPS) is 11.8. The predicted octanol–water partition coefficient (Wildman–Crippen LogP) is 1.79. The minimum Gasteiger partial charge on any atom is -0.481 e. The molecule has 0 saturated carbocycles. The van der Waals surface area contributed by atoms with Crippen molar-refractivity contribution in [2.45, 2.75) is 44.3 Å². The van der Waals surface area contributed by atoms with Crippen LogP contribution in [0, 0.1) is 0 Å². The van der Waals surface area contributed by atoms with E-state index in [2.05, 4.69) is 31.0 Å². The number of methoxy groups -OCH3 is 1. The van der Waals surface area contributed by atoms with Crippen LogP contribution in [0.5, 0.6) is 0 Å². The molecule has 0 amide bonds. The van der Waals surface area contributed by atoms with Gasteiger partial charge in [0.1, 0.15) is 5.82 Å². The van der Waals surface area contributed by atoms with E-state index in [0.717, 1.165) is 12.2 Å². The molecule has 0 atom stereocenters. The topological polar surface area (TPSA) is 77.2 Å². The number of thioether (sulfide) groups is 1. The number of nitrogens with zero attached hydrogens (tertiary/aromatic N) is 3. The van der Waals surface area contributed by atoms with Gasteiger partial charge in [0.05, 0.1) is 12.4 Å². The summed E-state index contributed by atoms with van der Waals surface area (Å²) in [6, 6.07) is 0. The monoisotopic (exact) mass is 287 g/mol. The van der Waals surface area contributed by atoms with Gasteiger partial charge in [0.15, 0.2) is 5.16 Å². The molecule has 6 nitrogen and oxygen atoms in total. The minimum atomic E-state index is -0.859. The van der Waals surface area contributed by atoms with E-state index >= 15 is 0 Å². The Balaban J connectivity index is 3.00. The first-order chi connectivity index (χ1) is 8.92. The molecule has 108 valence electrons. The third-order valence-electron chi connectivity index (χ3n) is 3.05. The standard InChI is InChI=1S/C12H21N3O3S/c1-5-12(2,3)10-13-14-11(19-8-9(16)17)15(10)6-7-18-4/h5-8H2,1-4H3,(H,16,17). The third kappa shape index (κ3) is 4.21. The highest BCUT2D eigenvalue weighted by Gasteiger charge is 2.27. The highest BCUT2D eigenvalue weighted by atomic mass is 32.2. The van der Waals surface area contributed by atoms with Crippen LogP contribution in [-0.4, -0.2) is 45.3 Å². The average molecular weight is 287 g/mol. The van der Waals surface area contributed by atoms with Crippen LogP contribution >= 0.6 is 11.8 Å². The molecule has 0 radical (unpaired) electrons. The molecule has 0 bridgehead atoms. The molecule has 0 saturated heterocycles. The Hall–Kier alpha value is -1.08. The van der Waals surface area contributed by atoms with Gasteiger partial charge in [0.25, 0.3) is 0 Å². The van der Waals surface area contributed by atoms with Gasteiger partial charge in [0.2, 0.25) is 0 Å². The lowest BCUT2D eigenvalue weighted by atomic mass is 9.89. The summed E-state index contributed by atoms with van der Waals surface area (Å²) >= 11 is 1.19. The van der Waals surface area contributed by atoms with Crippen LogP contribution in [0.15, 0.2) is 5.16 Å². The van der Waals surface area contributed by atoms with Crippen molar-refractivity contribution in [1.82, 2.24) is 14.8 Å². The first kappa shape index (κ1) is 16.0. The summed E-state index contributed by atoms with van der Waals surface area (Å²) in [5, 5.41) is 17.7. The molecule has 7 heteroatoms. The summed E-state index contributed by atoms with van der Waals surface area (Å²) < 4.78 is 7.05. The van der Waals surface area contributed by atoms with Crippen molar-refractivity contribution in [3.8, 4) is 0 Å². The Bertz CT molecular complexity index is 432. The number of rotatable bonds is 8. The summed E-state index contributed by atoms with van der Waals surface area (Å²) in [6.07, 6.45) is 0.932. The van der Waals surface area contributed by atoms with Gasteiger partial charge in [-0.25, -0.2) is 0 Å². The molecule has 1 aromatic rings. The summed E-state index contributed by atoms with van der Waals surface area (Å²) in [4.78, 5) is 10.7. The number of carbonyl (C=O) groups is 1. The second kappa shape index (κ2) is 6.91. The first-order valence-corrected chi connectivity index (χ1v) is 7.18. The fraction of sp³-hybridized carbons (Fsp3) is 0.750. The second-order valence-corrected chi connectivity index (χ2v) is 5.81. The quantitative estimate of drug-likeness (QED) is 0.734. The number of carboxylic acid groups (broad SMARTS) is 1. The maximum atomic E-state index is 10.7. The van der Waals surface area contributed by atoms with Gasteiger partial charge in [-0.15, -0.1) is 10.2 Å². The zero-order chi connectivity index (χ0) is 14.5. The molecule has 0 unspecified atom stereocenters. The average Bonchev–Trinajstić information content (AvgIpc) is 2.77. The highest BCUT2D eigenvalue weighted by Crippen LogP contribution is 2.28. The van der Waals surface area contributed by atoms with Crippen molar-refractivity contribution < 1.29 is 14.6 Å². The van der Waals surface area contributed by atoms with Crippen LogP contribution in [0.1, 0.15) is 33.0 Å². The van der Waals surface area contributed by atoms with Gasteiger partial charge in [-0.1, -0.05) is 32.5 Å². The molecule has 0 aliphatic carbocycles. The van der Waals surface area contributed by atoms with Crippen molar-refractivity contribution in [2.75, 3.05) is 19.5 Å². The van der Waals surface area contributed by atoms with Gasteiger partial charge in [0, 0.05) is 19.1 Å². The van der Waals surface area contributed by atoms with Crippen LogP contribution in [0.4, 0.5) is 0 Å². The van der Waals surface area contributed by atoms with Crippen molar-refractivity contribution in [1.29, 1.82) is 0 Å². The van der Waals surface area contributed by atoms with E-state index in [1.165, 1.54) is 11.8 Å². The molecule has 19 heavy (non-hydrogen) atoms. The Morgan fingerprint density at radius 3 is 2.68 bits per heavy atom. The first-order valence-electron chi connectivity index (χ1n) is 6.19. The minimum absolute atomic E-state index is 0.0162. The fourth-order valence-corrected chi connectivity index (χ4v) is 2.25. The molecule has 0 aliphatic heterocycles. The molecule has 1 aromatic heterocycles. The largest absolute Gasteiger partial charge is 0.481 e. The summed E-state index contributed by atoms with van der Waals surface area (Å²) in [5.74, 6) is 0.0000320. The van der Waals surface area contributed by atoms with Gasteiger partial charge in [-0.05, 0) is 6.42 Å². The molecule has 0 aromatic carbocycles. The van der Waals surface area contributed by atoms with Gasteiger partial charge in [-0.3, -0.25) is 4.79 Å². The fourth-order valence-electron chi connectivity index (χ4n) is 1.56. The predicted molar refractivity (Wildman–Crippen MR) is 73.6 cm³/mol. The Morgan fingerprint density at radius 2 is 2.16 bits per heavy atom. The number of carboxylic acids is 1. The summed E-state index contributed by atoms with van der Waals surface area (Å²) in [5.41, 5.74) is -0.0945. The van der Waals surface area contributed by atoms with Crippen LogP contribution in [0.3, 0.4) is 0 Å². The van der Waals surface area contributed by atoms with E-state index in [9.17, 15) is 4.79 Å². The number of hydrogen-bond donors (Lipinski definition) is 1. The summed E-state index contributed by atoms with van der Waals surface area (Å²) in [6.45, 7) is 7.48. The molecular formula is C12H21N3O3S. The van der Waals surface area contributed by atoms with Crippen LogP contribution in [0.2, 0.25) is 0 Å². The van der Waals surface area contributed by atoms with E-state index in [-0.39, 0.29) is 11.2 Å². The van der Waals surface area contributed by atoms with E-state index in [4.69, 9.17) is 9.84 Å². The lowest BCUT2D eigenvalue weighted by Gasteiger charge is -2.22. The van der Waals surface area contributed by atoms with Crippen LogP contribution in [-0.2, 0) is 21.5 Å². The third-order valence-corrected chi connectivity index (χ3v) is 4.00. The van der Waals surface area contributed by atoms with E-state index in [1.54, 1.807) is 7.11 Å². The van der Waals surface area contributed by atoms with Gasteiger partial charge in [-0.2, -0.15) is 0 Å². The highest BCUT2D eigenvalue weighted by molar-refractivity contribution is 7.99. The molecule has 0 aliphatic rings. The molecule has 1 rings (SSSR count). The smallest absolute Gasteiger partial charge is 0.313 e. The number of ether oxygens (including phenoxy) is 1. The SMILES string of the molecule is CCC(C)(C)c1nnc(SCC(=O)O)n1CCOC. The molecular weight excluding hydrogens is 266 g/mol. The van der Waals surface area contributed by atoms with Crippen molar-refractivity contribution in [3.63, 3.8) is 0 Å². The van der Waals surface area contributed by atoms with E-state index < -0.39 is 5.97 Å². The molecule has 0 spiro atoms. The second-order valence-electron chi connectivity index (χ2n) is 4.87. The number of aromatic nitrogens is 3. The molecule has 1 N–H and O–H groups in total. The number of aliphatic carboxylic acids is 1. The van der Waals surface area contributed by atoms with E-state index in [1.807, 2.05) is 4.57 Å². The number of hydrogen-bond acceptors (Lipinski definition) is 5. The summed E-state index contributed by atoms with van der Waals surface area (Å²) in [7, 11) is 1.64. The van der Waals surface area contributed by atoms with E-state index in [0.29, 0.717) is 18.3 Å². The van der Waals surface area contributed by atoms with Gasteiger partial charge >= 0.3 is 5.97 Å². The molecule has 0 fully saturated rings. The van der Waals surface area contributed by atoms with Crippen LogP contribution < -0.4 is 0 Å². The Labute approximate surface area is 117 Å². The van der Waals surface area contributed by atoms with Gasteiger partial charge < -0.3 is 14.4 Å². The Kier molecular flexibility index (Phi) is 5.81. The lowest BCUT2D eigenvalue weighted by Crippen LogP contribution is -2.23. The van der Waals surface area contributed by atoms with Crippen molar-refractivity contribution in [3.05, 3.63) is 5.82 Å². The zero-order valence-electron chi connectivity index (χ0n) is 11.8. The van der Waals surface area contributed by atoms with Crippen molar-refractivity contribution in [2.24, 2.45) is 0 Å². The lowest BCUT2D eigenvalue weighted by molar-refractivity contribution is -0.133. The van der Waals surface area contributed by atoms with Crippen molar-refractivity contribution >= 4 is 17.7 Å². The zero-order valence-corrected chi connectivity index (χ0v) is 12.7. The Morgan fingerprint density at radius 1 is 1.47 bits per heavy atom.